The topological polar surface area (TPSA) is 79.2 Å². The van der Waals surface area contributed by atoms with Gasteiger partial charge in [0.15, 0.2) is 0 Å². The maximum atomic E-state index is 11.7. The smallest absolute Gasteiger partial charge is 0.203 e. The first-order chi connectivity index (χ1) is 27.8. The van der Waals surface area contributed by atoms with Crippen LogP contribution in [-0.4, -0.2) is 38.9 Å². The van der Waals surface area contributed by atoms with Crippen molar-refractivity contribution in [3.8, 4) is 0 Å². The van der Waals surface area contributed by atoms with Crippen LogP contribution in [0.25, 0.3) is 0 Å². The summed E-state index contributed by atoms with van der Waals surface area (Å²) in [6, 6.07) is 0. The Morgan fingerprint density at radius 3 is 1.88 bits per heavy atom. The predicted octanol–water partition coefficient (Wildman–Crippen LogP) is 13.6. The Kier molecular flexibility index (Phi) is 15.3. The normalized spacial score (nSPS) is 39.4. The van der Waals surface area contributed by atoms with Crippen molar-refractivity contribution in [3.63, 3.8) is 0 Å². The molecule has 0 radical (unpaired) electrons. The van der Waals surface area contributed by atoms with Crippen LogP contribution in [0, 0.1) is 52.3 Å². The molecule has 5 heteroatoms. The Morgan fingerprint density at radius 2 is 1.31 bits per heavy atom. The van der Waals surface area contributed by atoms with Crippen LogP contribution < -0.4 is 0 Å². The molecule has 0 heterocycles. The van der Waals surface area contributed by atoms with Crippen molar-refractivity contribution in [2.24, 2.45) is 52.3 Å². The molecule has 6 fully saturated rings. The maximum Gasteiger partial charge on any atom is 0.203 e. The number of hydrogen-bond donors (Lipinski definition) is 3. The maximum absolute atomic E-state index is 11.7. The van der Waals surface area contributed by atoms with Gasteiger partial charge in [0.1, 0.15) is 0 Å². The summed E-state index contributed by atoms with van der Waals surface area (Å²) in [5.41, 5.74) is 7.34. The summed E-state index contributed by atoms with van der Waals surface area (Å²) in [4.78, 5) is 12.2. The second-order valence-corrected chi connectivity index (χ2v) is 22.5. The number of rotatable bonds is 15. The second-order valence-electron chi connectivity index (χ2n) is 22.5. The van der Waals surface area contributed by atoms with Crippen LogP contribution in [0.5, 0.6) is 0 Å². The molecule has 11 atom stereocenters. The lowest BCUT2D eigenvalue weighted by atomic mass is 9.60. The number of hydrogen-bond acceptors (Lipinski definition) is 5. The molecule has 6 rings (SSSR count). The number of allylic oxidation sites excluding steroid dienone is 7. The zero-order valence-corrected chi connectivity index (χ0v) is 38.9. The van der Waals surface area contributed by atoms with Crippen molar-refractivity contribution in [1.29, 1.82) is 0 Å². The van der Waals surface area contributed by atoms with Crippen LogP contribution in [-0.2, 0) is 9.78 Å². The van der Waals surface area contributed by atoms with E-state index in [1.165, 1.54) is 77.0 Å². The van der Waals surface area contributed by atoms with E-state index in [4.69, 9.17) is 9.78 Å². The van der Waals surface area contributed by atoms with Gasteiger partial charge in [-0.25, -0.2) is 9.78 Å². The summed E-state index contributed by atoms with van der Waals surface area (Å²) in [5.74, 6) is 3.64. The van der Waals surface area contributed by atoms with Crippen molar-refractivity contribution in [3.05, 3.63) is 70.9 Å². The zero-order valence-electron chi connectivity index (χ0n) is 38.9. The minimum absolute atomic E-state index is 0.302. The molecule has 0 aromatic heterocycles. The van der Waals surface area contributed by atoms with Gasteiger partial charge in [0.05, 0.1) is 17.8 Å². The molecule has 6 aliphatic carbocycles. The molecule has 6 aliphatic rings. The average molecular weight is 815 g/mol. The van der Waals surface area contributed by atoms with Gasteiger partial charge in [0.2, 0.25) is 5.79 Å². The molecular formula is C54H86O5. The third-order valence-corrected chi connectivity index (χ3v) is 17.3. The fraction of sp³-hybridized carbons (Fsp3) is 0.778. The average Bonchev–Trinajstić information content (AvgIpc) is 3.72. The van der Waals surface area contributed by atoms with E-state index in [9.17, 15) is 15.3 Å². The molecule has 2 unspecified atom stereocenters. The first-order valence-corrected chi connectivity index (χ1v) is 24.5. The molecule has 3 N–H and O–H groups in total. The Balaban J connectivity index is 0.995. The zero-order chi connectivity index (χ0) is 42.8. The summed E-state index contributed by atoms with van der Waals surface area (Å²) in [6.45, 7) is 27.6. The van der Waals surface area contributed by atoms with Gasteiger partial charge in [-0.2, -0.15) is 0 Å². The van der Waals surface area contributed by atoms with Crippen LogP contribution >= 0.6 is 0 Å². The largest absolute Gasteiger partial charge is 0.393 e. The lowest BCUT2D eigenvalue weighted by Crippen LogP contribution is -2.39. The van der Waals surface area contributed by atoms with Crippen LogP contribution in [0.15, 0.2) is 70.9 Å². The Hall–Kier alpha value is -1.76. The first kappa shape index (κ1) is 46.7. The molecule has 5 nitrogen and oxygen atoms in total. The summed E-state index contributed by atoms with van der Waals surface area (Å²) in [5, 5.41) is 32.3. The van der Waals surface area contributed by atoms with Gasteiger partial charge in [-0.1, -0.05) is 128 Å². The van der Waals surface area contributed by atoms with E-state index in [2.05, 4.69) is 92.9 Å². The van der Waals surface area contributed by atoms with Crippen LogP contribution in [0.1, 0.15) is 190 Å². The van der Waals surface area contributed by atoms with E-state index in [1.54, 1.807) is 11.1 Å². The van der Waals surface area contributed by atoms with Gasteiger partial charge in [-0.15, -0.1) is 0 Å². The summed E-state index contributed by atoms with van der Waals surface area (Å²) >= 11 is 0. The van der Waals surface area contributed by atoms with Gasteiger partial charge in [-0.05, 0) is 166 Å². The third-order valence-electron chi connectivity index (χ3n) is 17.3. The molecular weight excluding hydrogens is 729 g/mol. The quantitative estimate of drug-likeness (QED) is 0.0872. The lowest BCUT2D eigenvalue weighted by molar-refractivity contribution is -0.457. The molecule has 0 bridgehead atoms. The minimum atomic E-state index is -1.35. The molecule has 0 saturated heterocycles. The predicted molar refractivity (Wildman–Crippen MR) is 244 cm³/mol. The number of fused-ring (bicyclic) bond motifs is 2. The second kappa shape index (κ2) is 19.3. The van der Waals surface area contributed by atoms with Crippen molar-refractivity contribution in [2.75, 3.05) is 0 Å². The van der Waals surface area contributed by atoms with Crippen molar-refractivity contribution in [2.45, 2.75) is 214 Å². The van der Waals surface area contributed by atoms with E-state index in [-0.39, 0.29) is 0 Å². The van der Waals surface area contributed by atoms with Gasteiger partial charge in [-0.3, -0.25) is 0 Å². The molecule has 6 saturated carbocycles. The molecule has 0 spiro atoms. The van der Waals surface area contributed by atoms with E-state index in [1.807, 2.05) is 0 Å². The van der Waals surface area contributed by atoms with Gasteiger partial charge in [0, 0.05) is 19.3 Å². The van der Waals surface area contributed by atoms with E-state index in [0.29, 0.717) is 66.6 Å². The summed E-state index contributed by atoms with van der Waals surface area (Å²) in [7, 11) is 0. The molecule has 59 heavy (non-hydrogen) atoms. The summed E-state index contributed by atoms with van der Waals surface area (Å²) in [6.07, 6.45) is 30.4. The monoisotopic (exact) mass is 815 g/mol. The van der Waals surface area contributed by atoms with E-state index < -0.39 is 23.6 Å². The van der Waals surface area contributed by atoms with Crippen LogP contribution in [0.2, 0.25) is 0 Å². The van der Waals surface area contributed by atoms with E-state index in [0.717, 1.165) is 65.7 Å². The highest BCUT2D eigenvalue weighted by atomic mass is 17.2. The van der Waals surface area contributed by atoms with E-state index >= 15 is 0 Å². The van der Waals surface area contributed by atoms with Crippen LogP contribution in [0.3, 0.4) is 0 Å². The highest BCUT2D eigenvalue weighted by molar-refractivity contribution is 5.39. The minimum Gasteiger partial charge on any atom is -0.393 e. The van der Waals surface area contributed by atoms with Gasteiger partial charge < -0.3 is 15.3 Å². The molecule has 0 aromatic carbocycles. The first-order valence-electron chi connectivity index (χ1n) is 24.5. The lowest BCUT2D eigenvalue weighted by Gasteiger charge is -2.44. The highest BCUT2D eigenvalue weighted by Crippen LogP contribution is 2.61. The van der Waals surface area contributed by atoms with Crippen LogP contribution in [0.4, 0.5) is 0 Å². The van der Waals surface area contributed by atoms with Crippen molar-refractivity contribution in [1.82, 2.24) is 0 Å². The fourth-order valence-corrected chi connectivity index (χ4v) is 13.7. The van der Waals surface area contributed by atoms with Crippen molar-refractivity contribution < 1.29 is 25.1 Å². The summed E-state index contributed by atoms with van der Waals surface area (Å²) < 4.78 is 0. The Morgan fingerprint density at radius 1 is 0.746 bits per heavy atom. The third kappa shape index (κ3) is 10.9. The van der Waals surface area contributed by atoms with Gasteiger partial charge >= 0.3 is 0 Å². The molecule has 0 aliphatic heterocycles. The fourth-order valence-electron chi connectivity index (χ4n) is 13.7. The Labute approximate surface area is 360 Å². The molecule has 332 valence electrons. The molecule has 0 amide bonds. The van der Waals surface area contributed by atoms with Gasteiger partial charge in [0.25, 0.3) is 0 Å². The Bertz CT molecular complexity index is 1610. The standard InChI is InChI=1S/C54H86O5/c1-36(2)15-11-16-38(4)46-24-26-49-42(19-14-30-52(46,49)9)21-23-44-35-54(57,32-28-37(44)3)59-58-51(7,8)29-12-17-39(5)47-25-27-48-41(18-13-31-53(47,48)10)20-22-43-33-45(55)34-50(56)40(43)6/h20-23,36,38-39,45-50,55-57H,3,6,11-19,24-35H2,1-2,4-5,7-10H3/t38-,39-,45-,46-,47-,48?,49?,50+,52-,53-,54+/m1/s1. The molecule has 0 aromatic rings. The number of aliphatic hydroxyl groups is 3. The highest BCUT2D eigenvalue weighted by Gasteiger charge is 2.52. The SMILES string of the molecule is C=C1CC[C@](O)(OOC(C)(C)CCC[C@@H](C)[C@H]2CCC3C(=CC=C4C[C@@H](O)C[C@H](O)C4=C)CCC[C@@]32C)CC1=CC=C1CCC[C@@]2(C)C1CC[C@@H]2[C@H](C)CCCC(C)C. The van der Waals surface area contributed by atoms with Crippen molar-refractivity contribution >= 4 is 0 Å². The number of aliphatic hydroxyl groups excluding tert-OH is 2.